The van der Waals surface area contributed by atoms with Crippen molar-refractivity contribution in [3.8, 4) is 0 Å². The Balaban J connectivity index is 1.53. The second kappa shape index (κ2) is 6.87. The fraction of sp³-hybridized carbons (Fsp3) is 0.556. The number of aromatic nitrogens is 2. The molecule has 2 heterocycles. The Bertz CT molecular complexity index is 714. The third kappa shape index (κ3) is 3.50. The molecule has 0 saturated heterocycles. The number of hydrogen-bond donors (Lipinski definition) is 1. The summed E-state index contributed by atoms with van der Waals surface area (Å²) in [5.41, 5.74) is 6.22. The van der Waals surface area contributed by atoms with Crippen LogP contribution in [0, 0.1) is 13.8 Å². The fourth-order valence-corrected chi connectivity index (χ4v) is 4.56. The molecule has 23 heavy (non-hydrogen) atoms. The lowest BCUT2D eigenvalue weighted by Gasteiger charge is -2.13. The van der Waals surface area contributed by atoms with Crippen molar-refractivity contribution in [2.75, 3.05) is 0 Å². The first-order valence-corrected chi connectivity index (χ1v) is 9.28. The van der Waals surface area contributed by atoms with E-state index in [2.05, 4.69) is 22.7 Å². The highest BCUT2D eigenvalue weighted by atomic mass is 32.1. The first kappa shape index (κ1) is 16.2. The van der Waals surface area contributed by atoms with Crippen molar-refractivity contribution in [3.05, 3.63) is 38.3 Å². The minimum absolute atomic E-state index is 0.128. The summed E-state index contributed by atoms with van der Waals surface area (Å²) in [6.07, 6.45) is 6.28. The number of fused-ring (bicyclic) bond motifs is 1. The van der Waals surface area contributed by atoms with Crippen molar-refractivity contribution in [2.45, 2.75) is 58.9 Å². The van der Waals surface area contributed by atoms with Gasteiger partial charge in [-0.15, -0.1) is 11.3 Å². The van der Waals surface area contributed by atoms with E-state index >= 15 is 0 Å². The van der Waals surface area contributed by atoms with Crippen LogP contribution in [0.25, 0.3) is 0 Å². The van der Waals surface area contributed by atoms with E-state index in [4.69, 9.17) is 0 Å². The Morgan fingerprint density at radius 2 is 2.13 bits per heavy atom. The lowest BCUT2D eigenvalue weighted by atomic mass is 9.96. The largest absolute Gasteiger partial charge is 0.352 e. The van der Waals surface area contributed by atoms with Gasteiger partial charge < -0.3 is 5.32 Å². The SMILES string of the molecule is Cc1nn(C)c(C)c1CCC(=O)NCc1csc2c1CCCC2. The molecule has 2 aromatic rings. The van der Waals surface area contributed by atoms with E-state index < -0.39 is 0 Å². The number of aryl methyl sites for hydroxylation is 3. The summed E-state index contributed by atoms with van der Waals surface area (Å²) < 4.78 is 1.89. The third-order valence-corrected chi connectivity index (χ3v) is 6.02. The van der Waals surface area contributed by atoms with Crippen LogP contribution < -0.4 is 5.32 Å². The molecule has 0 aromatic carbocycles. The van der Waals surface area contributed by atoms with Crippen LogP contribution in [0.15, 0.2) is 5.38 Å². The number of carbonyl (C=O) groups excluding carboxylic acids is 1. The van der Waals surface area contributed by atoms with Gasteiger partial charge in [-0.05, 0) is 68.0 Å². The summed E-state index contributed by atoms with van der Waals surface area (Å²) in [5.74, 6) is 0.128. The van der Waals surface area contributed by atoms with E-state index in [1.807, 2.05) is 30.0 Å². The van der Waals surface area contributed by atoms with Gasteiger partial charge in [-0.2, -0.15) is 5.10 Å². The van der Waals surface area contributed by atoms with E-state index in [0.29, 0.717) is 13.0 Å². The zero-order valence-electron chi connectivity index (χ0n) is 14.2. The molecule has 0 aliphatic heterocycles. The molecule has 1 aliphatic rings. The maximum absolute atomic E-state index is 12.2. The van der Waals surface area contributed by atoms with Crippen molar-refractivity contribution in [2.24, 2.45) is 7.05 Å². The molecule has 4 nitrogen and oxygen atoms in total. The predicted octanol–water partition coefficient (Wildman–Crippen LogP) is 3.23. The molecule has 2 aromatic heterocycles. The van der Waals surface area contributed by atoms with Gasteiger partial charge in [0, 0.05) is 30.6 Å². The fourth-order valence-electron chi connectivity index (χ4n) is 3.41. The second-order valence-electron chi connectivity index (χ2n) is 6.42. The van der Waals surface area contributed by atoms with Crippen LogP contribution in [0.2, 0.25) is 0 Å². The Labute approximate surface area is 141 Å². The third-order valence-electron chi connectivity index (χ3n) is 4.89. The average molecular weight is 331 g/mol. The van der Waals surface area contributed by atoms with Gasteiger partial charge >= 0.3 is 0 Å². The molecule has 1 amide bonds. The first-order chi connectivity index (χ1) is 11.1. The summed E-state index contributed by atoms with van der Waals surface area (Å²) in [7, 11) is 1.95. The van der Waals surface area contributed by atoms with Gasteiger partial charge in [0.25, 0.3) is 0 Å². The van der Waals surface area contributed by atoms with Crippen LogP contribution in [0.1, 0.15) is 52.2 Å². The number of amides is 1. The molecule has 0 fully saturated rings. The van der Waals surface area contributed by atoms with Crippen molar-refractivity contribution < 1.29 is 4.79 Å². The van der Waals surface area contributed by atoms with E-state index in [1.165, 1.54) is 47.3 Å². The maximum Gasteiger partial charge on any atom is 0.220 e. The van der Waals surface area contributed by atoms with Gasteiger partial charge in [0.2, 0.25) is 5.91 Å². The minimum atomic E-state index is 0.128. The van der Waals surface area contributed by atoms with Gasteiger partial charge in [0.1, 0.15) is 0 Å². The smallest absolute Gasteiger partial charge is 0.220 e. The zero-order chi connectivity index (χ0) is 16.4. The molecular weight excluding hydrogens is 306 g/mol. The average Bonchev–Trinajstić information content (AvgIpc) is 3.05. The lowest BCUT2D eigenvalue weighted by molar-refractivity contribution is -0.121. The molecule has 0 spiro atoms. The number of nitrogens with zero attached hydrogens (tertiary/aromatic N) is 2. The van der Waals surface area contributed by atoms with Crippen LogP contribution in [-0.2, 0) is 37.6 Å². The molecule has 1 N–H and O–H groups in total. The number of nitrogens with one attached hydrogen (secondary N) is 1. The molecule has 124 valence electrons. The highest BCUT2D eigenvalue weighted by molar-refractivity contribution is 7.10. The van der Waals surface area contributed by atoms with Gasteiger partial charge in [0.15, 0.2) is 0 Å². The summed E-state index contributed by atoms with van der Waals surface area (Å²) in [6.45, 7) is 4.75. The van der Waals surface area contributed by atoms with Crippen molar-refractivity contribution in [1.29, 1.82) is 0 Å². The maximum atomic E-state index is 12.2. The first-order valence-electron chi connectivity index (χ1n) is 8.40. The van der Waals surface area contributed by atoms with E-state index in [0.717, 1.165) is 17.8 Å². The normalized spacial score (nSPS) is 13.9. The minimum Gasteiger partial charge on any atom is -0.352 e. The summed E-state index contributed by atoms with van der Waals surface area (Å²) >= 11 is 1.86. The van der Waals surface area contributed by atoms with Crippen LogP contribution in [0.3, 0.4) is 0 Å². The van der Waals surface area contributed by atoms with Gasteiger partial charge in [-0.3, -0.25) is 9.48 Å². The molecule has 3 rings (SSSR count). The lowest BCUT2D eigenvalue weighted by Crippen LogP contribution is -2.23. The number of carbonyl (C=O) groups is 1. The van der Waals surface area contributed by atoms with Crippen molar-refractivity contribution in [3.63, 3.8) is 0 Å². The molecule has 5 heteroatoms. The van der Waals surface area contributed by atoms with Crippen LogP contribution in [0.4, 0.5) is 0 Å². The predicted molar refractivity (Wildman–Crippen MR) is 93.8 cm³/mol. The molecule has 0 atom stereocenters. The summed E-state index contributed by atoms with van der Waals surface area (Å²) in [6, 6.07) is 0. The monoisotopic (exact) mass is 331 g/mol. The molecule has 0 radical (unpaired) electrons. The molecule has 0 unspecified atom stereocenters. The van der Waals surface area contributed by atoms with Gasteiger partial charge in [0.05, 0.1) is 5.69 Å². The summed E-state index contributed by atoms with van der Waals surface area (Å²) in [4.78, 5) is 13.7. The highest BCUT2D eigenvalue weighted by Crippen LogP contribution is 2.30. The quantitative estimate of drug-likeness (QED) is 0.914. The van der Waals surface area contributed by atoms with Gasteiger partial charge in [-0.1, -0.05) is 0 Å². The standard InChI is InChI=1S/C18H25N3OS/c1-12-15(13(2)21(3)20-12)8-9-18(22)19-10-14-11-23-17-7-5-4-6-16(14)17/h11H,4-10H2,1-3H3,(H,19,22). The second-order valence-corrected chi connectivity index (χ2v) is 7.38. The van der Waals surface area contributed by atoms with E-state index in [9.17, 15) is 4.79 Å². The highest BCUT2D eigenvalue weighted by Gasteiger charge is 2.16. The van der Waals surface area contributed by atoms with Crippen LogP contribution >= 0.6 is 11.3 Å². The van der Waals surface area contributed by atoms with Crippen molar-refractivity contribution >= 4 is 17.2 Å². The van der Waals surface area contributed by atoms with E-state index in [-0.39, 0.29) is 5.91 Å². The number of thiophene rings is 1. The molecular formula is C18H25N3OS. The Kier molecular flexibility index (Phi) is 4.85. The zero-order valence-corrected chi connectivity index (χ0v) is 15.1. The van der Waals surface area contributed by atoms with Crippen LogP contribution in [0.5, 0.6) is 0 Å². The van der Waals surface area contributed by atoms with E-state index in [1.54, 1.807) is 0 Å². The van der Waals surface area contributed by atoms with Crippen LogP contribution in [-0.4, -0.2) is 15.7 Å². The van der Waals surface area contributed by atoms with Crippen molar-refractivity contribution in [1.82, 2.24) is 15.1 Å². The van der Waals surface area contributed by atoms with Gasteiger partial charge in [-0.25, -0.2) is 0 Å². The topological polar surface area (TPSA) is 46.9 Å². The molecule has 0 saturated carbocycles. The Morgan fingerprint density at radius 1 is 1.35 bits per heavy atom. The number of hydrogen-bond acceptors (Lipinski definition) is 3. The Hall–Kier alpha value is -1.62. The molecule has 0 bridgehead atoms. The molecule has 1 aliphatic carbocycles. The Morgan fingerprint density at radius 3 is 2.87 bits per heavy atom. The number of rotatable bonds is 5. The summed E-state index contributed by atoms with van der Waals surface area (Å²) in [5, 5.41) is 9.73.